The third-order valence-electron chi connectivity index (χ3n) is 3.74. The lowest BCUT2D eigenvalue weighted by Crippen LogP contribution is -2.37. The Balaban J connectivity index is 2.01. The van der Waals surface area contributed by atoms with Crippen molar-refractivity contribution in [3.8, 4) is 0 Å². The minimum atomic E-state index is 0.594. The highest BCUT2D eigenvalue weighted by Crippen LogP contribution is 2.29. The first-order valence-corrected chi connectivity index (χ1v) is 6.60. The van der Waals surface area contributed by atoms with Gasteiger partial charge in [-0.3, -0.25) is 4.90 Å². The minimum absolute atomic E-state index is 0.594. The van der Waals surface area contributed by atoms with Gasteiger partial charge in [0.25, 0.3) is 0 Å². The second-order valence-electron chi connectivity index (χ2n) is 4.86. The molecule has 94 valence electrons. The van der Waals surface area contributed by atoms with Gasteiger partial charge in [-0.05, 0) is 38.4 Å². The van der Waals surface area contributed by atoms with Crippen LogP contribution in [0.15, 0.2) is 18.3 Å². The molecular formula is C13H20ClN3. The maximum atomic E-state index is 6.08. The van der Waals surface area contributed by atoms with E-state index in [1.54, 1.807) is 6.20 Å². The van der Waals surface area contributed by atoms with Gasteiger partial charge in [0, 0.05) is 24.3 Å². The predicted molar refractivity (Wildman–Crippen MR) is 70.9 cm³/mol. The lowest BCUT2D eigenvalue weighted by molar-refractivity contribution is 0.192. The van der Waals surface area contributed by atoms with E-state index in [4.69, 9.17) is 17.3 Å². The average Bonchev–Trinajstić information content (AvgIpc) is 2.80. The predicted octanol–water partition coefficient (Wildman–Crippen LogP) is 2.29. The minimum Gasteiger partial charge on any atom is -0.330 e. The van der Waals surface area contributed by atoms with Crippen molar-refractivity contribution in [1.29, 1.82) is 0 Å². The van der Waals surface area contributed by atoms with Crippen molar-refractivity contribution < 1.29 is 0 Å². The van der Waals surface area contributed by atoms with Gasteiger partial charge < -0.3 is 5.73 Å². The van der Waals surface area contributed by atoms with E-state index < -0.39 is 0 Å². The third-order valence-corrected chi connectivity index (χ3v) is 4.08. The largest absolute Gasteiger partial charge is 0.330 e. The second-order valence-corrected chi connectivity index (χ2v) is 5.22. The first-order valence-electron chi connectivity index (χ1n) is 6.22. The molecule has 3 nitrogen and oxygen atoms in total. The molecule has 0 saturated heterocycles. The van der Waals surface area contributed by atoms with Crippen molar-refractivity contribution in [3.63, 3.8) is 0 Å². The smallest absolute Gasteiger partial charge is 0.133 e. The van der Waals surface area contributed by atoms with Gasteiger partial charge in [0.05, 0.1) is 0 Å². The van der Waals surface area contributed by atoms with E-state index in [1.165, 1.54) is 19.3 Å². The quantitative estimate of drug-likeness (QED) is 0.838. The van der Waals surface area contributed by atoms with Crippen molar-refractivity contribution >= 4 is 11.6 Å². The topological polar surface area (TPSA) is 42.2 Å². The zero-order valence-electron chi connectivity index (χ0n) is 10.3. The monoisotopic (exact) mass is 253 g/mol. The summed E-state index contributed by atoms with van der Waals surface area (Å²) in [5.74, 6) is 0.635. The number of nitrogens with zero attached hydrogens (tertiary/aromatic N) is 2. The molecule has 0 bridgehead atoms. The maximum absolute atomic E-state index is 6.08. The molecule has 1 aliphatic carbocycles. The molecule has 1 fully saturated rings. The molecule has 1 aliphatic rings. The van der Waals surface area contributed by atoms with Gasteiger partial charge in [-0.15, -0.1) is 0 Å². The molecule has 2 rings (SSSR count). The van der Waals surface area contributed by atoms with Crippen molar-refractivity contribution in [2.24, 2.45) is 11.7 Å². The Labute approximate surface area is 108 Å². The number of hydrogen-bond donors (Lipinski definition) is 1. The summed E-state index contributed by atoms with van der Waals surface area (Å²) in [7, 11) is 2.15. The third kappa shape index (κ3) is 2.97. The summed E-state index contributed by atoms with van der Waals surface area (Å²) in [5.41, 5.74) is 6.92. The molecule has 0 radical (unpaired) electrons. The van der Waals surface area contributed by atoms with Gasteiger partial charge in [-0.25, -0.2) is 4.98 Å². The van der Waals surface area contributed by atoms with Crippen molar-refractivity contribution in [2.75, 3.05) is 13.6 Å². The fraction of sp³-hybridized carbons (Fsp3) is 0.615. The van der Waals surface area contributed by atoms with Crippen LogP contribution < -0.4 is 5.73 Å². The first-order chi connectivity index (χ1) is 8.22. The van der Waals surface area contributed by atoms with Gasteiger partial charge >= 0.3 is 0 Å². The normalized spacial score (nSPS) is 24.5. The van der Waals surface area contributed by atoms with Gasteiger partial charge in [-0.2, -0.15) is 0 Å². The van der Waals surface area contributed by atoms with E-state index in [9.17, 15) is 0 Å². The Kier molecular flexibility index (Phi) is 4.37. The molecule has 1 saturated carbocycles. The lowest BCUT2D eigenvalue weighted by Gasteiger charge is -2.29. The Hall–Kier alpha value is -0.640. The fourth-order valence-corrected chi connectivity index (χ4v) is 2.97. The molecule has 4 heteroatoms. The number of pyridine rings is 1. The van der Waals surface area contributed by atoms with Crippen LogP contribution >= 0.6 is 11.6 Å². The number of nitrogens with two attached hydrogens (primary N) is 1. The summed E-state index contributed by atoms with van der Waals surface area (Å²) in [6.07, 6.45) is 5.52. The summed E-state index contributed by atoms with van der Waals surface area (Å²) in [5, 5.41) is 0.613. The van der Waals surface area contributed by atoms with E-state index >= 15 is 0 Å². The highest BCUT2D eigenvalue weighted by molar-refractivity contribution is 6.30. The SMILES string of the molecule is CN(Cc1cccnc1Cl)C1CCCC1CN. The average molecular weight is 254 g/mol. The number of aromatic nitrogens is 1. The van der Waals surface area contributed by atoms with Crippen LogP contribution in [0.25, 0.3) is 0 Å². The number of hydrogen-bond acceptors (Lipinski definition) is 3. The van der Waals surface area contributed by atoms with E-state index in [2.05, 4.69) is 16.9 Å². The summed E-state index contributed by atoms with van der Waals surface area (Å²) >= 11 is 6.08. The summed E-state index contributed by atoms with van der Waals surface area (Å²) < 4.78 is 0. The van der Waals surface area contributed by atoms with Crippen LogP contribution in [-0.4, -0.2) is 29.5 Å². The van der Waals surface area contributed by atoms with Crippen LogP contribution in [0, 0.1) is 5.92 Å². The van der Waals surface area contributed by atoms with Crippen LogP contribution in [-0.2, 0) is 6.54 Å². The molecule has 2 unspecified atom stereocenters. The van der Waals surface area contributed by atoms with Gasteiger partial charge in [0.2, 0.25) is 0 Å². The standard InChI is InChI=1S/C13H20ClN3/c1-17(12-6-2-4-10(12)8-15)9-11-5-3-7-16-13(11)14/h3,5,7,10,12H,2,4,6,8-9,15H2,1H3. The van der Waals surface area contributed by atoms with Gasteiger partial charge in [0.1, 0.15) is 5.15 Å². The highest BCUT2D eigenvalue weighted by Gasteiger charge is 2.29. The molecule has 1 heterocycles. The summed E-state index contributed by atoms with van der Waals surface area (Å²) in [4.78, 5) is 6.48. The maximum Gasteiger partial charge on any atom is 0.133 e. The Morgan fingerprint density at radius 3 is 3.06 bits per heavy atom. The molecule has 0 aromatic carbocycles. The Bertz CT molecular complexity index is 369. The molecule has 1 aromatic heterocycles. The molecule has 2 atom stereocenters. The zero-order chi connectivity index (χ0) is 12.3. The van der Waals surface area contributed by atoms with Crippen molar-refractivity contribution in [1.82, 2.24) is 9.88 Å². The van der Waals surface area contributed by atoms with Crippen LogP contribution in [0.1, 0.15) is 24.8 Å². The Morgan fingerprint density at radius 1 is 1.53 bits per heavy atom. The van der Waals surface area contributed by atoms with Gasteiger partial charge in [-0.1, -0.05) is 24.1 Å². The van der Waals surface area contributed by atoms with Crippen LogP contribution in [0.3, 0.4) is 0 Å². The highest BCUT2D eigenvalue weighted by atomic mass is 35.5. The summed E-state index contributed by atoms with van der Waals surface area (Å²) in [6.45, 7) is 1.64. The van der Waals surface area contributed by atoms with E-state index in [0.29, 0.717) is 17.1 Å². The second kappa shape index (κ2) is 5.80. The number of rotatable bonds is 4. The fourth-order valence-electron chi connectivity index (χ4n) is 2.80. The Morgan fingerprint density at radius 2 is 2.35 bits per heavy atom. The first kappa shape index (κ1) is 12.8. The van der Waals surface area contributed by atoms with Crippen LogP contribution in [0.2, 0.25) is 5.15 Å². The molecule has 2 N–H and O–H groups in total. The molecular weight excluding hydrogens is 234 g/mol. The van der Waals surface area contributed by atoms with Crippen molar-refractivity contribution in [3.05, 3.63) is 29.0 Å². The molecule has 0 spiro atoms. The van der Waals surface area contributed by atoms with E-state index in [1.807, 2.05) is 12.1 Å². The zero-order valence-corrected chi connectivity index (χ0v) is 11.0. The lowest BCUT2D eigenvalue weighted by atomic mass is 10.0. The summed E-state index contributed by atoms with van der Waals surface area (Å²) in [6, 6.07) is 4.57. The van der Waals surface area contributed by atoms with E-state index in [0.717, 1.165) is 18.7 Å². The van der Waals surface area contributed by atoms with Gasteiger partial charge in [0.15, 0.2) is 0 Å². The van der Waals surface area contributed by atoms with Crippen molar-refractivity contribution in [2.45, 2.75) is 31.8 Å². The molecule has 0 amide bonds. The number of halogens is 1. The molecule has 0 aliphatic heterocycles. The van der Waals surface area contributed by atoms with Crippen LogP contribution in [0.4, 0.5) is 0 Å². The van der Waals surface area contributed by atoms with E-state index in [-0.39, 0.29) is 0 Å². The van der Waals surface area contributed by atoms with Crippen LogP contribution in [0.5, 0.6) is 0 Å². The molecule has 17 heavy (non-hydrogen) atoms. The molecule has 1 aromatic rings.